The normalized spacial score (nSPS) is 10.0. The summed E-state index contributed by atoms with van der Waals surface area (Å²) in [5.41, 5.74) is 1.14. The van der Waals surface area contributed by atoms with Gasteiger partial charge in [0.25, 0.3) is 0 Å². The molecule has 2 nitrogen and oxygen atoms in total. The van der Waals surface area contributed by atoms with E-state index in [1.54, 1.807) is 6.20 Å². The number of ether oxygens (including phenoxy) is 1. The molecule has 0 spiro atoms. The molecule has 0 unspecified atom stereocenters. The average molecular weight is 311 g/mol. The Bertz CT molecular complexity index is 471. The molecule has 0 atom stereocenters. The fraction of sp³-hybridized carbons (Fsp3) is 0.0833. The molecule has 1 aromatic carbocycles. The summed E-state index contributed by atoms with van der Waals surface area (Å²) >= 11 is 2.24. The molecular formula is C12H10INO. The van der Waals surface area contributed by atoms with Crippen LogP contribution in [0.2, 0.25) is 0 Å². The molecule has 0 amide bonds. The average Bonchev–Trinajstić information content (AvgIpc) is 2.22. The van der Waals surface area contributed by atoms with Gasteiger partial charge in [-0.1, -0.05) is 12.1 Å². The summed E-state index contributed by atoms with van der Waals surface area (Å²) in [5, 5.41) is 0. The molecule has 0 aliphatic rings. The van der Waals surface area contributed by atoms with E-state index in [0.29, 0.717) is 5.88 Å². The van der Waals surface area contributed by atoms with Gasteiger partial charge in [0, 0.05) is 12.3 Å². The van der Waals surface area contributed by atoms with Gasteiger partial charge in [0.05, 0.1) is 3.57 Å². The number of aromatic nitrogens is 1. The van der Waals surface area contributed by atoms with Crippen LogP contribution in [0.25, 0.3) is 0 Å². The van der Waals surface area contributed by atoms with Crippen molar-refractivity contribution in [2.45, 2.75) is 6.92 Å². The Morgan fingerprint density at radius 1 is 1.20 bits per heavy atom. The molecule has 76 valence electrons. The van der Waals surface area contributed by atoms with Crippen molar-refractivity contribution in [3.63, 3.8) is 0 Å². The van der Waals surface area contributed by atoms with E-state index in [9.17, 15) is 0 Å². The van der Waals surface area contributed by atoms with Crippen LogP contribution in [0.15, 0.2) is 42.6 Å². The summed E-state index contributed by atoms with van der Waals surface area (Å²) in [6.07, 6.45) is 1.75. The molecule has 1 heterocycles. The topological polar surface area (TPSA) is 22.1 Å². The first-order valence-electron chi connectivity index (χ1n) is 4.61. The Morgan fingerprint density at radius 2 is 2.00 bits per heavy atom. The molecule has 0 aliphatic carbocycles. The zero-order valence-corrected chi connectivity index (χ0v) is 10.4. The maximum atomic E-state index is 5.67. The van der Waals surface area contributed by atoms with Crippen LogP contribution < -0.4 is 4.74 Å². The van der Waals surface area contributed by atoms with Gasteiger partial charge in [0.15, 0.2) is 0 Å². The number of halogens is 1. The molecular weight excluding hydrogens is 301 g/mol. The van der Waals surface area contributed by atoms with Crippen LogP contribution in [-0.2, 0) is 0 Å². The number of hydrogen-bond donors (Lipinski definition) is 0. The van der Waals surface area contributed by atoms with Crippen molar-refractivity contribution in [2.75, 3.05) is 0 Å². The fourth-order valence-corrected chi connectivity index (χ4v) is 1.70. The molecule has 0 aliphatic heterocycles. The second-order valence-corrected chi connectivity index (χ2v) is 4.37. The van der Waals surface area contributed by atoms with Gasteiger partial charge in [-0.15, -0.1) is 0 Å². The van der Waals surface area contributed by atoms with E-state index < -0.39 is 0 Å². The van der Waals surface area contributed by atoms with Gasteiger partial charge >= 0.3 is 0 Å². The highest BCUT2D eigenvalue weighted by Crippen LogP contribution is 2.25. The van der Waals surface area contributed by atoms with E-state index in [2.05, 4.69) is 27.6 Å². The zero-order valence-electron chi connectivity index (χ0n) is 8.27. The molecule has 2 aromatic rings. The number of hydrogen-bond acceptors (Lipinski definition) is 2. The minimum atomic E-state index is 0.638. The lowest BCUT2D eigenvalue weighted by molar-refractivity contribution is 0.459. The largest absolute Gasteiger partial charge is 0.438 e. The Hall–Kier alpha value is -1.10. The Balaban J connectivity index is 2.26. The fourth-order valence-electron chi connectivity index (χ4n) is 1.20. The first-order chi connectivity index (χ1) is 7.25. The molecule has 0 N–H and O–H groups in total. The molecule has 2 rings (SSSR count). The monoisotopic (exact) mass is 311 g/mol. The van der Waals surface area contributed by atoms with Gasteiger partial charge in [-0.05, 0) is 53.3 Å². The Labute approximate surface area is 102 Å². The smallest absolute Gasteiger partial charge is 0.219 e. The van der Waals surface area contributed by atoms with Crippen molar-refractivity contribution in [1.82, 2.24) is 4.98 Å². The molecule has 3 heteroatoms. The summed E-state index contributed by atoms with van der Waals surface area (Å²) in [6, 6.07) is 11.7. The minimum Gasteiger partial charge on any atom is -0.438 e. The van der Waals surface area contributed by atoms with E-state index in [0.717, 1.165) is 14.9 Å². The van der Waals surface area contributed by atoms with Crippen LogP contribution in [0.4, 0.5) is 0 Å². The van der Waals surface area contributed by atoms with Crippen LogP contribution in [0.1, 0.15) is 5.56 Å². The SMILES string of the molecule is Cc1ccnc(Oc2ccccc2I)c1. The number of nitrogens with zero attached hydrogens (tertiary/aromatic N) is 1. The van der Waals surface area contributed by atoms with Gasteiger partial charge < -0.3 is 4.74 Å². The van der Waals surface area contributed by atoms with E-state index in [-0.39, 0.29) is 0 Å². The van der Waals surface area contributed by atoms with Gasteiger partial charge in [-0.3, -0.25) is 0 Å². The van der Waals surface area contributed by atoms with Crippen molar-refractivity contribution < 1.29 is 4.74 Å². The molecule has 0 bridgehead atoms. The lowest BCUT2D eigenvalue weighted by Gasteiger charge is -2.06. The second-order valence-electron chi connectivity index (χ2n) is 3.20. The van der Waals surface area contributed by atoms with Crippen molar-refractivity contribution in [2.24, 2.45) is 0 Å². The number of benzene rings is 1. The Morgan fingerprint density at radius 3 is 2.73 bits per heavy atom. The highest BCUT2D eigenvalue weighted by Gasteiger charge is 2.01. The van der Waals surface area contributed by atoms with Crippen molar-refractivity contribution >= 4 is 22.6 Å². The van der Waals surface area contributed by atoms with Crippen LogP contribution in [-0.4, -0.2) is 4.98 Å². The quantitative estimate of drug-likeness (QED) is 0.787. The summed E-state index contributed by atoms with van der Waals surface area (Å²) < 4.78 is 6.75. The third-order valence-corrected chi connectivity index (χ3v) is 2.83. The van der Waals surface area contributed by atoms with Crippen LogP contribution in [0, 0.1) is 10.5 Å². The van der Waals surface area contributed by atoms with Crippen molar-refractivity contribution in [3.05, 3.63) is 51.7 Å². The lowest BCUT2D eigenvalue weighted by Crippen LogP contribution is -1.89. The van der Waals surface area contributed by atoms with Gasteiger partial charge in [-0.2, -0.15) is 0 Å². The van der Waals surface area contributed by atoms with Crippen LogP contribution in [0.3, 0.4) is 0 Å². The van der Waals surface area contributed by atoms with E-state index >= 15 is 0 Å². The second kappa shape index (κ2) is 4.61. The molecule has 0 saturated heterocycles. The number of pyridine rings is 1. The molecule has 0 saturated carbocycles. The number of para-hydroxylation sites is 1. The maximum absolute atomic E-state index is 5.67. The Kier molecular flexibility index (Phi) is 3.20. The van der Waals surface area contributed by atoms with Gasteiger partial charge in [0.1, 0.15) is 5.75 Å². The van der Waals surface area contributed by atoms with Crippen LogP contribution >= 0.6 is 22.6 Å². The lowest BCUT2D eigenvalue weighted by atomic mass is 10.3. The first kappa shape index (κ1) is 10.4. The highest BCUT2D eigenvalue weighted by atomic mass is 127. The van der Waals surface area contributed by atoms with E-state index in [4.69, 9.17) is 4.74 Å². The summed E-state index contributed by atoms with van der Waals surface area (Å²) in [4.78, 5) is 4.15. The number of rotatable bonds is 2. The first-order valence-corrected chi connectivity index (χ1v) is 5.68. The van der Waals surface area contributed by atoms with E-state index in [1.165, 1.54) is 0 Å². The predicted molar refractivity (Wildman–Crippen MR) is 68.2 cm³/mol. The molecule has 15 heavy (non-hydrogen) atoms. The highest BCUT2D eigenvalue weighted by molar-refractivity contribution is 14.1. The predicted octanol–water partition coefficient (Wildman–Crippen LogP) is 3.79. The third kappa shape index (κ3) is 2.68. The standard InChI is InChI=1S/C12H10INO/c1-9-6-7-14-12(8-9)15-11-5-3-2-4-10(11)13/h2-8H,1H3. The zero-order chi connectivity index (χ0) is 10.7. The minimum absolute atomic E-state index is 0.638. The summed E-state index contributed by atoms with van der Waals surface area (Å²) in [5.74, 6) is 1.48. The van der Waals surface area contributed by atoms with E-state index in [1.807, 2.05) is 43.3 Å². The van der Waals surface area contributed by atoms with Crippen molar-refractivity contribution in [3.8, 4) is 11.6 Å². The third-order valence-electron chi connectivity index (χ3n) is 1.94. The number of aryl methyl sites for hydroxylation is 1. The molecule has 0 radical (unpaired) electrons. The summed E-state index contributed by atoms with van der Waals surface area (Å²) in [6.45, 7) is 2.02. The molecule has 0 fully saturated rings. The van der Waals surface area contributed by atoms with Gasteiger partial charge in [-0.25, -0.2) is 4.98 Å². The summed E-state index contributed by atoms with van der Waals surface area (Å²) in [7, 11) is 0. The molecule has 1 aromatic heterocycles. The van der Waals surface area contributed by atoms with Crippen LogP contribution in [0.5, 0.6) is 11.6 Å². The van der Waals surface area contributed by atoms with Gasteiger partial charge in [0.2, 0.25) is 5.88 Å². The van der Waals surface area contributed by atoms with Crippen molar-refractivity contribution in [1.29, 1.82) is 0 Å². The maximum Gasteiger partial charge on any atom is 0.219 e.